The largest absolute Gasteiger partial charge is 0.508 e. The molecule has 0 saturated carbocycles. The Balaban J connectivity index is 1.79. The lowest BCUT2D eigenvalue weighted by Gasteiger charge is -2.06. The van der Waals surface area contributed by atoms with Gasteiger partial charge in [0, 0.05) is 30.8 Å². The Labute approximate surface area is 130 Å². The van der Waals surface area contributed by atoms with Gasteiger partial charge in [-0.2, -0.15) is 0 Å². The second-order valence-corrected chi connectivity index (χ2v) is 5.82. The van der Waals surface area contributed by atoms with Crippen LogP contribution in [-0.2, 0) is 17.0 Å². The average Bonchev–Trinajstić information content (AvgIpc) is 2.51. The normalized spacial score (nSPS) is 10.7. The maximum absolute atomic E-state index is 9.44. The Kier molecular flexibility index (Phi) is 6.60. The van der Waals surface area contributed by atoms with Gasteiger partial charge in [0.25, 0.3) is 0 Å². The van der Waals surface area contributed by atoms with Crippen molar-refractivity contribution in [1.82, 2.24) is 5.32 Å². The third-order valence-corrected chi connectivity index (χ3v) is 4.13. The fourth-order valence-corrected chi connectivity index (χ4v) is 2.76. The van der Waals surface area contributed by atoms with Gasteiger partial charge >= 0.3 is 0 Å². The first kappa shape index (κ1) is 15.9. The molecule has 2 N–H and O–H groups in total. The lowest BCUT2D eigenvalue weighted by Crippen LogP contribution is -2.18. The molecule has 0 bridgehead atoms. The van der Waals surface area contributed by atoms with Crippen LogP contribution >= 0.6 is 11.8 Å². The lowest BCUT2D eigenvalue weighted by molar-refractivity contribution is 0.199. The van der Waals surface area contributed by atoms with Gasteiger partial charge in [0.2, 0.25) is 0 Å². The van der Waals surface area contributed by atoms with E-state index in [1.807, 2.05) is 12.1 Å². The van der Waals surface area contributed by atoms with Gasteiger partial charge in [0.1, 0.15) is 5.75 Å². The topological polar surface area (TPSA) is 41.5 Å². The summed E-state index contributed by atoms with van der Waals surface area (Å²) in [5.41, 5.74) is 2.40. The quantitative estimate of drug-likeness (QED) is 0.579. The molecule has 0 heterocycles. The number of benzene rings is 2. The Morgan fingerprint density at radius 2 is 1.90 bits per heavy atom. The molecule has 3 nitrogen and oxygen atoms in total. The molecule has 0 saturated heterocycles. The van der Waals surface area contributed by atoms with E-state index in [1.54, 1.807) is 31.0 Å². The zero-order valence-electron chi connectivity index (χ0n) is 12.2. The van der Waals surface area contributed by atoms with Gasteiger partial charge in [-0.15, -0.1) is 11.8 Å². The first-order chi connectivity index (χ1) is 10.3. The molecule has 4 heteroatoms. The van der Waals surface area contributed by atoms with Crippen molar-refractivity contribution < 1.29 is 9.84 Å². The molecule has 2 aromatic carbocycles. The van der Waals surface area contributed by atoms with E-state index in [2.05, 4.69) is 29.6 Å². The molecule has 21 heavy (non-hydrogen) atoms. The lowest BCUT2D eigenvalue weighted by atomic mass is 10.2. The molecule has 0 amide bonds. The third kappa shape index (κ3) is 5.79. The van der Waals surface area contributed by atoms with Crippen molar-refractivity contribution in [2.24, 2.45) is 0 Å². The molecular weight excluding hydrogens is 282 g/mol. The van der Waals surface area contributed by atoms with Crippen molar-refractivity contribution in [2.45, 2.75) is 17.2 Å². The Morgan fingerprint density at radius 1 is 1.10 bits per heavy atom. The summed E-state index contributed by atoms with van der Waals surface area (Å²) in [6.45, 7) is 2.46. The summed E-state index contributed by atoms with van der Waals surface area (Å²) in [4.78, 5) is 1.24. The SMILES string of the molecule is COCCNCc1ccc(SCc2cccc(O)c2)cc1. The zero-order valence-corrected chi connectivity index (χ0v) is 13.0. The molecule has 0 aliphatic heterocycles. The van der Waals surface area contributed by atoms with Gasteiger partial charge in [0.15, 0.2) is 0 Å². The minimum absolute atomic E-state index is 0.325. The van der Waals surface area contributed by atoms with Crippen LogP contribution in [0.4, 0.5) is 0 Å². The maximum Gasteiger partial charge on any atom is 0.115 e. The Bertz CT molecular complexity index is 543. The maximum atomic E-state index is 9.44. The molecule has 2 rings (SSSR count). The van der Waals surface area contributed by atoms with Crippen molar-refractivity contribution in [2.75, 3.05) is 20.3 Å². The molecule has 0 aliphatic carbocycles. The van der Waals surface area contributed by atoms with Gasteiger partial charge < -0.3 is 15.2 Å². The number of hydrogen-bond acceptors (Lipinski definition) is 4. The minimum Gasteiger partial charge on any atom is -0.508 e. The summed E-state index contributed by atoms with van der Waals surface area (Å²) < 4.78 is 5.00. The first-order valence-electron chi connectivity index (χ1n) is 6.97. The van der Waals surface area contributed by atoms with Crippen molar-refractivity contribution >= 4 is 11.8 Å². The van der Waals surface area contributed by atoms with Crippen LogP contribution in [0, 0.1) is 0 Å². The Hall–Kier alpha value is -1.49. The van der Waals surface area contributed by atoms with E-state index in [0.29, 0.717) is 5.75 Å². The number of rotatable bonds is 8. The molecule has 0 aromatic heterocycles. The molecule has 0 aliphatic rings. The number of nitrogens with one attached hydrogen (secondary N) is 1. The van der Waals surface area contributed by atoms with Crippen LogP contribution in [0.2, 0.25) is 0 Å². The van der Waals surface area contributed by atoms with Crippen molar-refractivity contribution in [3.8, 4) is 5.75 Å². The first-order valence-corrected chi connectivity index (χ1v) is 7.96. The number of hydrogen-bond donors (Lipinski definition) is 2. The molecule has 2 aromatic rings. The van der Waals surface area contributed by atoms with Crippen LogP contribution in [0.5, 0.6) is 5.75 Å². The molecule has 0 atom stereocenters. The monoisotopic (exact) mass is 303 g/mol. The van der Waals surface area contributed by atoms with Gasteiger partial charge in [-0.25, -0.2) is 0 Å². The van der Waals surface area contributed by atoms with Crippen LogP contribution in [0.1, 0.15) is 11.1 Å². The molecule has 112 valence electrons. The number of phenols is 1. The van der Waals surface area contributed by atoms with Crippen molar-refractivity contribution in [3.63, 3.8) is 0 Å². The van der Waals surface area contributed by atoms with Crippen molar-refractivity contribution in [3.05, 3.63) is 59.7 Å². The van der Waals surface area contributed by atoms with Crippen LogP contribution in [0.25, 0.3) is 0 Å². The van der Waals surface area contributed by atoms with Gasteiger partial charge in [-0.3, -0.25) is 0 Å². The minimum atomic E-state index is 0.325. The fraction of sp³-hybridized carbons (Fsp3) is 0.294. The van der Waals surface area contributed by atoms with Crippen LogP contribution in [0.15, 0.2) is 53.4 Å². The highest BCUT2D eigenvalue weighted by molar-refractivity contribution is 7.98. The molecular formula is C17H21NO2S. The number of aromatic hydroxyl groups is 1. The number of thioether (sulfide) groups is 1. The molecule has 0 spiro atoms. The van der Waals surface area contributed by atoms with Crippen LogP contribution in [0.3, 0.4) is 0 Å². The fourth-order valence-electron chi connectivity index (χ4n) is 1.92. The van der Waals surface area contributed by atoms with Crippen LogP contribution < -0.4 is 5.32 Å². The van der Waals surface area contributed by atoms with Gasteiger partial charge in [-0.1, -0.05) is 24.3 Å². The predicted molar refractivity (Wildman–Crippen MR) is 87.7 cm³/mol. The van der Waals surface area contributed by atoms with E-state index in [-0.39, 0.29) is 0 Å². The summed E-state index contributed by atoms with van der Waals surface area (Å²) in [7, 11) is 1.71. The predicted octanol–water partition coefficient (Wildman–Crippen LogP) is 3.42. The molecule has 0 radical (unpaired) electrons. The highest BCUT2D eigenvalue weighted by atomic mass is 32.2. The highest BCUT2D eigenvalue weighted by Crippen LogP contribution is 2.24. The average molecular weight is 303 g/mol. The summed E-state index contributed by atoms with van der Waals surface area (Å²) in [6.07, 6.45) is 0. The third-order valence-electron chi connectivity index (χ3n) is 3.05. The van der Waals surface area contributed by atoms with E-state index < -0.39 is 0 Å². The van der Waals surface area contributed by atoms with E-state index in [1.165, 1.54) is 10.5 Å². The second-order valence-electron chi connectivity index (χ2n) is 4.77. The number of ether oxygens (including phenoxy) is 1. The van der Waals surface area contributed by atoms with Crippen molar-refractivity contribution in [1.29, 1.82) is 0 Å². The van der Waals surface area contributed by atoms with E-state index in [4.69, 9.17) is 4.74 Å². The number of methoxy groups -OCH3 is 1. The summed E-state index contributed by atoms with van der Waals surface area (Å²) in [5, 5.41) is 12.8. The summed E-state index contributed by atoms with van der Waals surface area (Å²) >= 11 is 1.77. The zero-order chi connectivity index (χ0) is 14.9. The Morgan fingerprint density at radius 3 is 2.62 bits per heavy atom. The smallest absolute Gasteiger partial charge is 0.115 e. The van der Waals surface area contributed by atoms with Crippen LogP contribution in [-0.4, -0.2) is 25.4 Å². The van der Waals surface area contributed by atoms with E-state index >= 15 is 0 Å². The summed E-state index contributed by atoms with van der Waals surface area (Å²) in [6, 6.07) is 16.0. The number of phenolic OH excluding ortho intramolecular Hbond substituents is 1. The van der Waals surface area contributed by atoms with E-state index in [0.717, 1.165) is 31.0 Å². The summed E-state index contributed by atoms with van der Waals surface area (Å²) in [5.74, 6) is 1.19. The van der Waals surface area contributed by atoms with Gasteiger partial charge in [-0.05, 0) is 35.4 Å². The highest BCUT2D eigenvalue weighted by Gasteiger charge is 1.99. The standard InChI is InChI=1S/C17H21NO2S/c1-20-10-9-18-12-14-5-7-17(8-6-14)21-13-15-3-2-4-16(19)11-15/h2-8,11,18-19H,9-10,12-13H2,1H3. The molecule has 0 unspecified atom stereocenters. The van der Waals surface area contributed by atoms with E-state index in [9.17, 15) is 5.11 Å². The van der Waals surface area contributed by atoms with Gasteiger partial charge in [0.05, 0.1) is 6.61 Å². The second kappa shape index (κ2) is 8.72. The molecule has 0 fully saturated rings.